The van der Waals surface area contributed by atoms with Crippen molar-refractivity contribution in [2.45, 2.75) is 6.54 Å². The van der Waals surface area contributed by atoms with Gasteiger partial charge in [0.1, 0.15) is 35.3 Å². The van der Waals surface area contributed by atoms with Gasteiger partial charge in [0.2, 0.25) is 0 Å². The van der Waals surface area contributed by atoms with E-state index in [2.05, 4.69) is 25.6 Å². The van der Waals surface area contributed by atoms with Gasteiger partial charge < -0.3 is 15.4 Å². The molecule has 3 aromatic rings. The number of hydrogen-bond acceptors (Lipinski definition) is 9. The summed E-state index contributed by atoms with van der Waals surface area (Å²) in [7, 11) is 1.58. The Morgan fingerprint density at radius 3 is 2.50 bits per heavy atom. The molecule has 0 saturated heterocycles. The predicted octanol–water partition coefficient (Wildman–Crippen LogP) is 3.02. The Kier molecular flexibility index (Phi) is 5.57. The van der Waals surface area contributed by atoms with Crippen molar-refractivity contribution >= 4 is 23.0 Å². The highest BCUT2D eigenvalue weighted by molar-refractivity contribution is 5.67. The summed E-state index contributed by atoms with van der Waals surface area (Å²) < 4.78 is 5.11. The molecule has 0 aliphatic heterocycles. The van der Waals surface area contributed by atoms with Crippen LogP contribution in [0.3, 0.4) is 0 Å². The van der Waals surface area contributed by atoms with Crippen LogP contribution in [0.2, 0.25) is 0 Å². The number of nitrogens with one attached hydrogen (secondary N) is 2. The van der Waals surface area contributed by atoms with Crippen LogP contribution in [0, 0.1) is 21.4 Å². The second-order valence-electron chi connectivity index (χ2n) is 5.57. The Morgan fingerprint density at radius 1 is 1.14 bits per heavy atom. The zero-order valence-electron chi connectivity index (χ0n) is 14.8. The number of pyridine rings is 1. The van der Waals surface area contributed by atoms with Crippen LogP contribution in [-0.4, -0.2) is 27.0 Å². The number of nitrogens with zero attached hydrogens (tertiary/aromatic N) is 5. The summed E-state index contributed by atoms with van der Waals surface area (Å²) in [4.78, 5) is 22.8. The van der Waals surface area contributed by atoms with E-state index < -0.39 is 4.92 Å². The molecule has 28 heavy (non-hydrogen) atoms. The van der Waals surface area contributed by atoms with Gasteiger partial charge in [-0.25, -0.2) is 15.0 Å². The topological polar surface area (TPSA) is 139 Å². The fourth-order valence-corrected chi connectivity index (χ4v) is 2.33. The lowest BCUT2D eigenvalue weighted by Gasteiger charge is -2.10. The summed E-state index contributed by atoms with van der Waals surface area (Å²) in [5, 5.41) is 26.0. The van der Waals surface area contributed by atoms with Gasteiger partial charge >= 0.3 is 5.69 Å². The molecule has 0 spiro atoms. The molecule has 2 heterocycles. The fourth-order valence-electron chi connectivity index (χ4n) is 2.33. The summed E-state index contributed by atoms with van der Waals surface area (Å²) in [6.45, 7) is 0.380. The summed E-state index contributed by atoms with van der Waals surface area (Å²) >= 11 is 0. The van der Waals surface area contributed by atoms with Crippen LogP contribution < -0.4 is 15.4 Å². The highest BCUT2D eigenvalue weighted by Crippen LogP contribution is 2.27. The van der Waals surface area contributed by atoms with E-state index in [0.717, 1.165) is 17.5 Å². The number of nitro groups is 1. The third kappa shape index (κ3) is 4.47. The van der Waals surface area contributed by atoms with Gasteiger partial charge in [-0.15, -0.1) is 0 Å². The lowest BCUT2D eigenvalue weighted by molar-refractivity contribution is -0.384. The van der Waals surface area contributed by atoms with E-state index in [4.69, 9.17) is 10.00 Å². The van der Waals surface area contributed by atoms with Crippen molar-refractivity contribution in [3.8, 4) is 11.8 Å². The summed E-state index contributed by atoms with van der Waals surface area (Å²) in [5.74, 6) is 1.44. The minimum absolute atomic E-state index is 0.148. The number of methoxy groups -OCH3 is 1. The summed E-state index contributed by atoms with van der Waals surface area (Å²) in [6.07, 6.45) is 3.86. The third-order valence-electron chi connectivity index (χ3n) is 3.74. The molecular weight excluding hydrogens is 362 g/mol. The normalized spacial score (nSPS) is 10.0. The zero-order chi connectivity index (χ0) is 19.9. The highest BCUT2D eigenvalue weighted by atomic mass is 16.6. The molecular formula is C18H15N7O3. The van der Waals surface area contributed by atoms with Gasteiger partial charge in [-0.1, -0.05) is 12.1 Å². The zero-order valence-corrected chi connectivity index (χ0v) is 14.8. The standard InChI is InChI=1S/C18H15N7O3/c1-28-14-4-2-12(3-5-14)8-21-15-6-17(23-10-16(15)25(26)27)24-18-11-20-13(7-19)9-22-18/h2-6,9-11H,8H2,1H3,(H2,21,22,23,24). The van der Waals surface area contributed by atoms with Gasteiger partial charge in [-0.05, 0) is 17.7 Å². The number of benzene rings is 1. The van der Waals surface area contributed by atoms with E-state index in [1.165, 1.54) is 18.5 Å². The molecule has 10 heteroatoms. The second kappa shape index (κ2) is 8.41. The van der Waals surface area contributed by atoms with Crippen molar-refractivity contribution in [2.24, 2.45) is 0 Å². The monoisotopic (exact) mass is 377 g/mol. The van der Waals surface area contributed by atoms with E-state index >= 15 is 0 Å². The molecule has 0 unspecified atom stereocenters. The number of rotatable bonds is 7. The van der Waals surface area contributed by atoms with Crippen molar-refractivity contribution in [1.82, 2.24) is 15.0 Å². The molecule has 0 amide bonds. The smallest absolute Gasteiger partial charge is 0.310 e. The van der Waals surface area contributed by atoms with Crippen molar-refractivity contribution in [3.05, 3.63) is 70.3 Å². The molecule has 10 nitrogen and oxygen atoms in total. The van der Waals surface area contributed by atoms with E-state index in [9.17, 15) is 10.1 Å². The second-order valence-corrected chi connectivity index (χ2v) is 5.57. The molecule has 3 rings (SSSR count). The molecule has 0 bridgehead atoms. The van der Waals surface area contributed by atoms with E-state index in [1.54, 1.807) is 7.11 Å². The molecule has 0 aliphatic carbocycles. The first-order valence-corrected chi connectivity index (χ1v) is 8.09. The quantitative estimate of drug-likeness (QED) is 0.469. The van der Waals surface area contributed by atoms with Crippen LogP contribution in [0.15, 0.2) is 48.9 Å². The maximum absolute atomic E-state index is 11.3. The van der Waals surface area contributed by atoms with Gasteiger partial charge in [0.05, 0.1) is 24.4 Å². The van der Waals surface area contributed by atoms with E-state index in [-0.39, 0.29) is 11.4 Å². The molecule has 0 atom stereocenters. The molecule has 0 saturated carbocycles. The average molecular weight is 377 g/mol. The fraction of sp³-hybridized carbons (Fsp3) is 0.111. The van der Waals surface area contributed by atoms with Crippen LogP contribution in [0.1, 0.15) is 11.3 Å². The van der Waals surface area contributed by atoms with Gasteiger partial charge in [-0.3, -0.25) is 10.1 Å². The number of ether oxygens (including phenoxy) is 1. The van der Waals surface area contributed by atoms with Crippen LogP contribution >= 0.6 is 0 Å². The maximum Gasteiger partial charge on any atom is 0.310 e. The van der Waals surface area contributed by atoms with Crippen LogP contribution in [0.5, 0.6) is 5.75 Å². The van der Waals surface area contributed by atoms with Crippen molar-refractivity contribution < 1.29 is 9.66 Å². The van der Waals surface area contributed by atoms with Crippen molar-refractivity contribution in [1.29, 1.82) is 5.26 Å². The Morgan fingerprint density at radius 2 is 1.89 bits per heavy atom. The lowest BCUT2D eigenvalue weighted by atomic mass is 10.2. The Hall–Kier alpha value is -4.26. The Labute approximate surface area is 160 Å². The molecule has 0 radical (unpaired) electrons. The summed E-state index contributed by atoms with van der Waals surface area (Å²) in [5.41, 5.74) is 1.27. The molecule has 0 fully saturated rings. The number of nitriles is 1. The van der Waals surface area contributed by atoms with Gasteiger partial charge in [-0.2, -0.15) is 5.26 Å². The van der Waals surface area contributed by atoms with Crippen LogP contribution in [0.25, 0.3) is 0 Å². The van der Waals surface area contributed by atoms with Gasteiger partial charge in [0.15, 0.2) is 5.69 Å². The van der Waals surface area contributed by atoms with Crippen LogP contribution in [-0.2, 0) is 6.54 Å². The van der Waals surface area contributed by atoms with E-state index in [0.29, 0.717) is 23.9 Å². The SMILES string of the molecule is COc1ccc(CNc2cc(Nc3cnc(C#N)cn3)ncc2[N+](=O)[O-])cc1. The van der Waals surface area contributed by atoms with Crippen LogP contribution in [0.4, 0.5) is 23.0 Å². The number of aromatic nitrogens is 3. The Balaban J connectivity index is 1.78. The van der Waals surface area contributed by atoms with Gasteiger partial charge in [0.25, 0.3) is 0 Å². The lowest BCUT2D eigenvalue weighted by Crippen LogP contribution is -2.05. The molecule has 1 aromatic carbocycles. The van der Waals surface area contributed by atoms with E-state index in [1.807, 2.05) is 30.3 Å². The first-order valence-electron chi connectivity index (χ1n) is 8.09. The molecule has 2 aromatic heterocycles. The third-order valence-corrected chi connectivity index (χ3v) is 3.74. The first-order chi connectivity index (χ1) is 13.6. The molecule has 2 N–H and O–H groups in total. The maximum atomic E-state index is 11.3. The van der Waals surface area contributed by atoms with Gasteiger partial charge in [0, 0.05) is 12.6 Å². The minimum atomic E-state index is -0.505. The number of hydrogen-bond donors (Lipinski definition) is 2. The highest BCUT2D eigenvalue weighted by Gasteiger charge is 2.15. The largest absolute Gasteiger partial charge is 0.497 e. The number of anilines is 3. The molecule has 0 aliphatic rings. The first kappa shape index (κ1) is 18.5. The summed E-state index contributed by atoms with van der Waals surface area (Å²) in [6, 6.07) is 10.8. The molecule has 140 valence electrons. The van der Waals surface area contributed by atoms with Crippen molar-refractivity contribution in [2.75, 3.05) is 17.7 Å². The average Bonchev–Trinajstić information content (AvgIpc) is 2.73. The predicted molar refractivity (Wildman–Crippen MR) is 101 cm³/mol. The minimum Gasteiger partial charge on any atom is -0.497 e. The van der Waals surface area contributed by atoms with Crippen molar-refractivity contribution in [3.63, 3.8) is 0 Å². The Bertz CT molecular complexity index is 1010.